The minimum atomic E-state index is 0.363. The van der Waals surface area contributed by atoms with Gasteiger partial charge in [0.2, 0.25) is 0 Å². The summed E-state index contributed by atoms with van der Waals surface area (Å²) < 4.78 is 1.09. The van der Waals surface area contributed by atoms with Crippen LogP contribution in [0.15, 0.2) is 59.0 Å². The number of benzene rings is 1. The highest BCUT2D eigenvalue weighted by atomic mass is 79.9. The van der Waals surface area contributed by atoms with E-state index in [1.807, 2.05) is 12.1 Å². The van der Waals surface area contributed by atoms with E-state index in [0.29, 0.717) is 12.6 Å². The monoisotopic (exact) mass is 347 g/mol. The summed E-state index contributed by atoms with van der Waals surface area (Å²) in [5.74, 6) is 0. The zero-order chi connectivity index (χ0) is 15.1. The molecule has 1 saturated heterocycles. The van der Waals surface area contributed by atoms with Crippen molar-refractivity contribution in [1.29, 1.82) is 0 Å². The van der Waals surface area contributed by atoms with Crippen molar-refractivity contribution in [2.75, 3.05) is 13.1 Å². The van der Waals surface area contributed by atoms with Gasteiger partial charge in [0, 0.05) is 16.7 Å². The van der Waals surface area contributed by atoms with Crippen LogP contribution in [0.2, 0.25) is 0 Å². The highest BCUT2D eigenvalue weighted by Crippen LogP contribution is 2.12. The molecule has 2 rings (SSSR count). The van der Waals surface area contributed by atoms with Crippen molar-refractivity contribution in [2.24, 2.45) is 0 Å². The highest BCUT2D eigenvalue weighted by molar-refractivity contribution is 9.10. The average Bonchev–Trinajstić information content (AvgIpc) is 3.01. The van der Waals surface area contributed by atoms with Crippen molar-refractivity contribution in [1.82, 2.24) is 16.0 Å². The standard InChI is InChI=1S/C17H22BrN3/c1-3-16(17-5-4-10-19-17)21-11-13(2)20-12-14-6-8-15(18)9-7-14/h6-9,17,19-21H,1-2,4-5,10-12H2/t17-/m0/s1. The Labute approximate surface area is 135 Å². The average molecular weight is 348 g/mol. The lowest BCUT2D eigenvalue weighted by atomic mass is 10.1. The summed E-state index contributed by atoms with van der Waals surface area (Å²) in [7, 11) is 0. The number of nitrogens with one attached hydrogen (secondary N) is 3. The molecule has 0 bridgehead atoms. The predicted molar refractivity (Wildman–Crippen MR) is 91.8 cm³/mol. The van der Waals surface area contributed by atoms with Crippen molar-refractivity contribution in [2.45, 2.75) is 25.4 Å². The smallest absolute Gasteiger partial charge is 0.0708 e. The van der Waals surface area contributed by atoms with Gasteiger partial charge < -0.3 is 16.0 Å². The van der Waals surface area contributed by atoms with E-state index < -0.39 is 0 Å². The minimum absolute atomic E-state index is 0.363. The van der Waals surface area contributed by atoms with Gasteiger partial charge in [-0.25, -0.2) is 0 Å². The molecule has 0 aliphatic carbocycles. The van der Waals surface area contributed by atoms with Crippen LogP contribution in [0.3, 0.4) is 0 Å². The molecule has 1 aromatic carbocycles. The van der Waals surface area contributed by atoms with E-state index in [2.05, 4.69) is 62.9 Å². The van der Waals surface area contributed by atoms with Crippen LogP contribution in [-0.2, 0) is 6.54 Å². The molecule has 3 nitrogen and oxygen atoms in total. The van der Waals surface area contributed by atoms with Crippen molar-refractivity contribution < 1.29 is 0 Å². The summed E-state index contributed by atoms with van der Waals surface area (Å²) in [4.78, 5) is 0. The summed E-state index contributed by atoms with van der Waals surface area (Å²) >= 11 is 3.44. The number of hydrogen-bond donors (Lipinski definition) is 3. The fraction of sp³-hybridized carbons (Fsp3) is 0.353. The Morgan fingerprint density at radius 3 is 2.71 bits per heavy atom. The molecule has 4 heteroatoms. The molecular weight excluding hydrogens is 326 g/mol. The van der Waals surface area contributed by atoms with Gasteiger partial charge in [-0.3, -0.25) is 0 Å². The molecule has 1 atom stereocenters. The van der Waals surface area contributed by atoms with E-state index in [0.717, 1.165) is 35.4 Å². The number of hydrogen-bond acceptors (Lipinski definition) is 3. The van der Waals surface area contributed by atoms with Crippen LogP contribution >= 0.6 is 15.9 Å². The van der Waals surface area contributed by atoms with Gasteiger partial charge in [0.05, 0.1) is 18.3 Å². The molecule has 0 amide bonds. The first-order valence-corrected chi connectivity index (χ1v) is 8.01. The lowest BCUT2D eigenvalue weighted by molar-refractivity contribution is 0.623. The van der Waals surface area contributed by atoms with E-state index in [1.54, 1.807) is 0 Å². The molecule has 1 aromatic rings. The Bertz CT molecular complexity index is 523. The molecule has 0 saturated carbocycles. The van der Waals surface area contributed by atoms with Crippen LogP contribution in [0.1, 0.15) is 18.4 Å². The lowest BCUT2D eigenvalue weighted by Crippen LogP contribution is -2.33. The van der Waals surface area contributed by atoms with Gasteiger partial charge >= 0.3 is 0 Å². The fourth-order valence-electron chi connectivity index (χ4n) is 2.33. The maximum atomic E-state index is 4.06. The van der Waals surface area contributed by atoms with Gasteiger partial charge in [0.1, 0.15) is 0 Å². The van der Waals surface area contributed by atoms with Gasteiger partial charge in [-0.2, -0.15) is 0 Å². The normalized spacial score (nSPS) is 17.1. The van der Waals surface area contributed by atoms with Crippen molar-refractivity contribution >= 4 is 15.9 Å². The Kier molecular flexibility index (Phi) is 6.12. The summed E-state index contributed by atoms with van der Waals surface area (Å²) in [5.41, 5.74) is 6.23. The molecular formula is C17H22BrN3. The quantitative estimate of drug-likeness (QED) is 0.663. The third-order valence-corrected chi connectivity index (χ3v) is 4.08. The van der Waals surface area contributed by atoms with Crippen LogP contribution in [0.5, 0.6) is 0 Å². The molecule has 1 aliphatic rings. The molecule has 0 spiro atoms. The topological polar surface area (TPSA) is 36.1 Å². The van der Waals surface area contributed by atoms with Crippen LogP contribution < -0.4 is 16.0 Å². The predicted octanol–water partition coefficient (Wildman–Crippen LogP) is 3.06. The molecule has 21 heavy (non-hydrogen) atoms. The van der Waals surface area contributed by atoms with Gasteiger partial charge in [-0.05, 0) is 37.1 Å². The van der Waals surface area contributed by atoms with E-state index in [1.165, 1.54) is 12.0 Å². The Balaban J connectivity index is 1.74. The first kappa shape index (κ1) is 15.9. The fourth-order valence-corrected chi connectivity index (χ4v) is 2.60. The molecule has 1 aliphatic heterocycles. The SMILES string of the molecule is C=C=C(NCC(=C)NCc1ccc(Br)cc1)[C@@H]1CCCN1. The molecule has 0 aromatic heterocycles. The maximum Gasteiger partial charge on any atom is 0.0708 e. The van der Waals surface area contributed by atoms with Gasteiger partial charge in [-0.15, -0.1) is 5.73 Å². The highest BCUT2D eigenvalue weighted by Gasteiger charge is 2.17. The molecule has 0 radical (unpaired) electrons. The number of halogens is 1. The zero-order valence-corrected chi connectivity index (χ0v) is 13.8. The van der Waals surface area contributed by atoms with E-state index >= 15 is 0 Å². The maximum absolute atomic E-state index is 4.06. The second-order valence-electron chi connectivity index (χ2n) is 5.18. The van der Waals surface area contributed by atoms with Crippen LogP contribution in [0, 0.1) is 0 Å². The van der Waals surface area contributed by atoms with Crippen molar-refractivity contribution in [3.8, 4) is 0 Å². The first-order valence-electron chi connectivity index (χ1n) is 7.22. The second kappa shape index (κ2) is 8.08. The lowest BCUT2D eigenvalue weighted by Gasteiger charge is -2.17. The van der Waals surface area contributed by atoms with E-state index in [4.69, 9.17) is 0 Å². The van der Waals surface area contributed by atoms with Gasteiger partial charge in [0.15, 0.2) is 0 Å². The largest absolute Gasteiger partial charge is 0.383 e. The van der Waals surface area contributed by atoms with Crippen LogP contribution in [0.25, 0.3) is 0 Å². The van der Waals surface area contributed by atoms with Crippen LogP contribution in [0.4, 0.5) is 0 Å². The Morgan fingerprint density at radius 2 is 2.10 bits per heavy atom. The van der Waals surface area contributed by atoms with E-state index in [9.17, 15) is 0 Å². The van der Waals surface area contributed by atoms with Crippen LogP contribution in [-0.4, -0.2) is 19.1 Å². The van der Waals surface area contributed by atoms with E-state index in [-0.39, 0.29) is 0 Å². The Hall–Kier alpha value is -1.48. The molecule has 1 heterocycles. The van der Waals surface area contributed by atoms with Crippen molar-refractivity contribution in [3.05, 3.63) is 64.6 Å². The minimum Gasteiger partial charge on any atom is -0.383 e. The summed E-state index contributed by atoms with van der Waals surface area (Å²) in [5, 5.41) is 10.1. The summed E-state index contributed by atoms with van der Waals surface area (Å²) in [6.45, 7) is 10.4. The summed E-state index contributed by atoms with van der Waals surface area (Å²) in [6.07, 6.45) is 2.35. The van der Waals surface area contributed by atoms with Crippen molar-refractivity contribution in [3.63, 3.8) is 0 Å². The Morgan fingerprint density at radius 1 is 1.33 bits per heavy atom. The molecule has 1 fully saturated rings. The first-order chi connectivity index (χ1) is 10.2. The third kappa shape index (κ3) is 5.09. The molecule has 0 unspecified atom stereocenters. The molecule has 112 valence electrons. The zero-order valence-electron chi connectivity index (χ0n) is 12.2. The van der Waals surface area contributed by atoms with Gasteiger partial charge in [0.25, 0.3) is 0 Å². The summed E-state index contributed by atoms with van der Waals surface area (Å²) in [6, 6.07) is 8.64. The number of rotatable bonds is 7. The third-order valence-electron chi connectivity index (χ3n) is 3.55. The molecule has 3 N–H and O–H groups in total. The van der Waals surface area contributed by atoms with Gasteiger partial charge in [-0.1, -0.05) is 41.2 Å². The second-order valence-corrected chi connectivity index (χ2v) is 6.09.